The van der Waals surface area contributed by atoms with Gasteiger partial charge in [-0.3, -0.25) is 4.90 Å². The molecular weight excluding hydrogens is 538 g/mol. The van der Waals surface area contributed by atoms with Gasteiger partial charge in [-0.05, 0) is 11.1 Å². The zero-order chi connectivity index (χ0) is 30.9. The van der Waals surface area contributed by atoms with Crippen molar-refractivity contribution in [3.63, 3.8) is 0 Å². The summed E-state index contributed by atoms with van der Waals surface area (Å²) in [6.45, 7) is 6.75. The van der Waals surface area contributed by atoms with Crippen LogP contribution < -0.4 is 0 Å². The molecule has 0 aliphatic carbocycles. The van der Waals surface area contributed by atoms with Crippen LogP contribution >= 0.6 is 0 Å². The predicted octanol–water partition coefficient (Wildman–Crippen LogP) is -1.08. The Morgan fingerprint density at radius 3 is 1.10 bits per heavy atom. The molecule has 2 heterocycles. The van der Waals surface area contributed by atoms with Crippen LogP contribution in [0.15, 0.2) is 36.9 Å². The minimum Gasteiger partial charge on any atom is -0.473 e. The van der Waals surface area contributed by atoms with Crippen molar-refractivity contribution in [3.05, 3.63) is 48.0 Å². The van der Waals surface area contributed by atoms with Crippen molar-refractivity contribution in [2.24, 2.45) is 0 Å². The average Bonchev–Trinajstić information content (AvgIpc) is 3.10. The average molecular weight is 561 g/mol. The highest BCUT2D eigenvalue weighted by atomic mass is 16.5. The van der Waals surface area contributed by atoms with Crippen molar-refractivity contribution >= 4 is 47.8 Å². The molecule has 39 heavy (non-hydrogen) atoms. The Morgan fingerprint density at radius 1 is 0.641 bits per heavy atom. The second-order valence-corrected chi connectivity index (χ2v) is 6.69. The van der Waals surface area contributed by atoms with E-state index in [2.05, 4.69) is 35.7 Å². The molecule has 1 aromatic carbocycles. The number of carboxylic acid groups (broad SMARTS) is 8. The van der Waals surface area contributed by atoms with E-state index in [-0.39, 0.29) is 12.2 Å². The summed E-state index contributed by atoms with van der Waals surface area (Å²) in [6.07, 6.45) is 2.52. The van der Waals surface area contributed by atoms with Crippen LogP contribution in [0.25, 0.3) is 0 Å². The molecule has 0 aromatic heterocycles. The maximum Gasteiger partial charge on any atom is 0.414 e. The molecule has 18 nitrogen and oxygen atoms in total. The summed E-state index contributed by atoms with van der Waals surface area (Å²) in [5, 5.41) is 59.1. The maximum atomic E-state index is 9.10. The zero-order valence-corrected chi connectivity index (χ0v) is 19.6. The third kappa shape index (κ3) is 15.4. The van der Waals surface area contributed by atoms with E-state index in [1.165, 1.54) is 11.1 Å². The second kappa shape index (κ2) is 18.0. The van der Waals surface area contributed by atoms with E-state index in [1.54, 1.807) is 0 Å². The van der Waals surface area contributed by atoms with Crippen molar-refractivity contribution in [1.29, 1.82) is 0 Å². The number of nitrogens with zero attached hydrogens (tertiary/aromatic N) is 1. The highest BCUT2D eigenvalue weighted by Crippen LogP contribution is 2.42. The summed E-state index contributed by atoms with van der Waals surface area (Å²) < 4.78 is 5.97. The van der Waals surface area contributed by atoms with E-state index < -0.39 is 47.8 Å². The second-order valence-electron chi connectivity index (χ2n) is 6.69. The van der Waals surface area contributed by atoms with Crippen LogP contribution in [0.1, 0.15) is 23.3 Å². The Morgan fingerprint density at radius 2 is 0.897 bits per heavy atom. The van der Waals surface area contributed by atoms with Gasteiger partial charge >= 0.3 is 47.8 Å². The third-order valence-electron chi connectivity index (χ3n) is 3.99. The maximum absolute atomic E-state index is 9.10. The highest BCUT2D eigenvalue weighted by Gasteiger charge is 2.37. The van der Waals surface area contributed by atoms with E-state index in [4.69, 9.17) is 83.9 Å². The quantitative estimate of drug-likeness (QED) is 0.157. The number of morpholine rings is 1. The van der Waals surface area contributed by atoms with Crippen molar-refractivity contribution in [2.45, 2.75) is 12.2 Å². The highest BCUT2D eigenvalue weighted by molar-refractivity contribution is 6.28. The molecule has 214 valence electrons. The van der Waals surface area contributed by atoms with Gasteiger partial charge in [0.25, 0.3) is 0 Å². The number of fused-ring (bicyclic) bond motifs is 5. The van der Waals surface area contributed by atoms with Gasteiger partial charge in [0.05, 0.1) is 12.2 Å². The van der Waals surface area contributed by atoms with Gasteiger partial charge in [0.15, 0.2) is 0 Å². The van der Waals surface area contributed by atoms with Crippen LogP contribution in [0.2, 0.25) is 0 Å². The van der Waals surface area contributed by atoms with Gasteiger partial charge in [0, 0.05) is 19.6 Å². The fourth-order valence-corrected chi connectivity index (χ4v) is 2.60. The van der Waals surface area contributed by atoms with Crippen molar-refractivity contribution in [3.8, 4) is 0 Å². The summed E-state index contributed by atoms with van der Waals surface area (Å²) in [5.74, 6) is -14.6. The van der Waals surface area contributed by atoms with Gasteiger partial charge in [-0.2, -0.15) is 0 Å². The number of aliphatic carboxylic acids is 8. The molecule has 2 bridgehead atoms. The van der Waals surface area contributed by atoms with Crippen LogP contribution in [0.4, 0.5) is 0 Å². The summed E-state index contributed by atoms with van der Waals surface area (Å²) in [7, 11) is 0. The van der Waals surface area contributed by atoms with Crippen molar-refractivity contribution in [2.75, 3.05) is 19.6 Å². The minimum atomic E-state index is -1.82. The van der Waals surface area contributed by atoms with Gasteiger partial charge < -0.3 is 45.6 Å². The van der Waals surface area contributed by atoms with Crippen LogP contribution in [0, 0.1) is 0 Å². The molecule has 0 amide bonds. The van der Waals surface area contributed by atoms with Crippen molar-refractivity contribution in [1.82, 2.24) is 4.90 Å². The first-order valence-electron chi connectivity index (χ1n) is 9.88. The first-order valence-corrected chi connectivity index (χ1v) is 9.88. The van der Waals surface area contributed by atoms with Gasteiger partial charge in [0.2, 0.25) is 0 Å². The molecule has 0 saturated carbocycles. The molecule has 8 N–H and O–H groups in total. The van der Waals surface area contributed by atoms with E-state index >= 15 is 0 Å². The number of hydrogen-bond donors (Lipinski definition) is 8. The van der Waals surface area contributed by atoms with Gasteiger partial charge in [0.1, 0.15) is 0 Å². The largest absolute Gasteiger partial charge is 0.473 e. The third-order valence-corrected chi connectivity index (χ3v) is 3.99. The molecule has 0 spiro atoms. The molecule has 18 heteroatoms. The van der Waals surface area contributed by atoms with Gasteiger partial charge in [-0.1, -0.05) is 30.3 Å². The van der Waals surface area contributed by atoms with Crippen LogP contribution in [0.5, 0.6) is 0 Å². The van der Waals surface area contributed by atoms with Gasteiger partial charge in [-0.15, -0.1) is 6.58 Å². The Hall–Kier alpha value is -5.36. The molecule has 1 saturated heterocycles. The number of hydrogen-bond acceptors (Lipinski definition) is 10. The lowest BCUT2D eigenvalue weighted by atomic mass is 10.0. The Labute approximate surface area is 217 Å². The number of ether oxygens (including phenoxy) is 1. The standard InChI is InChI=1S/C13H15NO.4C2H2O4/c1-2-7-14-8-12-10-5-3-4-6-11(10)13(9-14)15-12;4*3-1(4)2(5)6/h2-6,12-13H,1,7-9H2;4*(H,3,4)(H,5,6). The lowest BCUT2D eigenvalue weighted by Crippen LogP contribution is -2.36. The fourth-order valence-electron chi connectivity index (χ4n) is 2.60. The molecule has 3 rings (SSSR count). The molecule has 2 atom stereocenters. The van der Waals surface area contributed by atoms with E-state index in [1.807, 2.05) is 6.08 Å². The first-order chi connectivity index (χ1) is 18.0. The summed E-state index contributed by atoms with van der Waals surface area (Å²) in [4.78, 5) is 75.2. The minimum absolute atomic E-state index is 0.278. The van der Waals surface area contributed by atoms with E-state index in [0.717, 1.165) is 19.6 Å². The molecule has 2 aliphatic heterocycles. The molecule has 1 aromatic rings. The zero-order valence-electron chi connectivity index (χ0n) is 19.6. The summed E-state index contributed by atoms with van der Waals surface area (Å²) >= 11 is 0. The van der Waals surface area contributed by atoms with Crippen molar-refractivity contribution < 1.29 is 83.9 Å². The fraction of sp³-hybridized carbons (Fsp3) is 0.238. The monoisotopic (exact) mass is 561 g/mol. The van der Waals surface area contributed by atoms with E-state index in [9.17, 15) is 0 Å². The number of carboxylic acids is 8. The molecular formula is C21H23NO17. The Balaban J connectivity index is 0. The first kappa shape index (κ1) is 35.8. The van der Waals surface area contributed by atoms with Crippen LogP contribution in [-0.2, 0) is 43.1 Å². The number of rotatable bonds is 2. The summed E-state index contributed by atoms with van der Waals surface area (Å²) in [6, 6.07) is 8.58. The number of benzene rings is 1. The molecule has 2 unspecified atom stereocenters. The SMILES string of the molecule is C=CCN1CC2OC(C1)c1ccccc12.O=C(O)C(=O)O.O=C(O)C(=O)O.O=C(O)C(=O)O.O=C(O)C(=O)O. The van der Waals surface area contributed by atoms with E-state index in [0.29, 0.717) is 0 Å². The normalized spacial score (nSPS) is 15.6. The van der Waals surface area contributed by atoms with Crippen LogP contribution in [0.3, 0.4) is 0 Å². The smallest absolute Gasteiger partial charge is 0.414 e. The lowest BCUT2D eigenvalue weighted by Gasteiger charge is -2.31. The summed E-state index contributed by atoms with van der Waals surface area (Å²) in [5.41, 5.74) is 2.77. The number of carbonyl (C=O) groups is 8. The Bertz CT molecular complexity index is 921. The lowest BCUT2D eigenvalue weighted by molar-refractivity contribution is -0.159. The molecule has 1 fully saturated rings. The van der Waals surface area contributed by atoms with Gasteiger partial charge in [-0.25, -0.2) is 38.4 Å². The Kier molecular flexibility index (Phi) is 16.5. The molecule has 2 aliphatic rings. The van der Waals surface area contributed by atoms with Crippen LogP contribution in [-0.4, -0.2) is 113 Å². The topological polar surface area (TPSA) is 311 Å². The molecule has 0 radical (unpaired) electrons. The predicted molar refractivity (Wildman–Crippen MR) is 121 cm³/mol.